The van der Waals surface area contributed by atoms with E-state index in [0.29, 0.717) is 32.8 Å². The van der Waals surface area contributed by atoms with Crippen LogP contribution in [0.25, 0.3) is 0 Å². The van der Waals surface area contributed by atoms with Crippen LogP contribution in [0.1, 0.15) is 26.2 Å². The summed E-state index contributed by atoms with van der Waals surface area (Å²) in [6.07, 6.45) is 1.07. The van der Waals surface area contributed by atoms with E-state index in [0.717, 1.165) is 6.42 Å². The lowest BCUT2D eigenvalue weighted by Gasteiger charge is -2.22. The third-order valence-corrected chi connectivity index (χ3v) is 2.90. The summed E-state index contributed by atoms with van der Waals surface area (Å²) in [5, 5.41) is 11.3. The average Bonchev–Trinajstić information content (AvgIpc) is 2.37. The molecule has 0 aliphatic carbocycles. The zero-order valence-corrected chi connectivity index (χ0v) is 10.7. The molecular weight excluding hydrogens is 238 g/mol. The Morgan fingerprint density at radius 2 is 2.17 bits per heavy atom. The minimum atomic E-state index is -0.779. The third kappa shape index (κ3) is 5.97. The standard InChI is InChI=1S/C12H21NO5/c1-9(2-3-11(14)15)4-5-13-12(16)10-8-17-6-7-18-10/h9-10H,2-8H2,1H3,(H,13,16)(H,14,15). The Kier molecular flexibility index (Phi) is 6.67. The molecular formula is C12H21NO5. The van der Waals surface area contributed by atoms with Gasteiger partial charge in [0.25, 0.3) is 5.91 Å². The Balaban J connectivity index is 2.08. The number of ether oxygens (including phenoxy) is 2. The van der Waals surface area contributed by atoms with Crippen molar-refractivity contribution in [3.8, 4) is 0 Å². The fourth-order valence-corrected chi connectivity index (χ4v) is 1.71. The summed E-state index contributed by atoms with van der Waals surface area (Å²) in [6.45, 7) is 3.82. The van der Waals surface area contributed by atoms with Crippen LogP contribution in [0.3, 0.4) is 0 Å². The number of carboxylic acid groups (broad SMARTS) is 1. The highest BCUT2D eigenvalue weighted by molar-refractivity contribution is 5.80. The number of hydrogen-bond donors (Lipinski definition) is 2. The van der Waals surface area contributed by atoms with Gasteiger partial charge in [0.2, 0.25) is 0 Å². The van der Waals surface area contributed by atoms with Gasteiger partial charge in [0, 0.05) is 13.0 Å². The summed E-state index contributed by atoms with van der Waals surface area (Å²) >= 11 is 0. The van der Waals surface area contributed by atoms with Crippen molar-refractivity contribution >= 4 is 11.9 Å². The Morgan fingerprint density at radius 1 is 1.39 bits per heavy atom. The number of nitrogens with one attached hydrogen (secondary N) is 1. The first-order valence-corrected chi connectivity index (χ1v) is 6.28. The van der Waals surface area contributed by atoms with Crippen molar-refractivity contribution < 1.29 is 24.2 Å². The van der Waals surface area contributed by atoms with Crippen LogP contribution in [0.4, 0.5) is 0 Å². The molecule has 2 atom stereocenters. The van der Waals surface area contributed by atoms with Crippen molar-refractivity contribution in [2.24, 2.45) is 5.92 Å². The van der Waals surface area contributed by atoms with Gasteiger partial charge in [-0.05, 0) is 18.8 Å². The predicted molar refractivity (Wildman–Crippen MR) is 64.2 cm³/mol. The fourth-order valence-electron chi connectivity index (χ4n) is 1.71. The summed E-state index contributed by atoms with van der Waals surface area (Å²) in [5.74, 6) is -0.649. The van der Waals surface area contributed by atoms with Gasteiger partial charge in [-0.3, -0.25) is 9.59 Å². The van der Waals surface area contributed by atoms with Crippen LogP contribution in [0.2, 0.25) is 0 Å². The van der Waals surface area contributed by atoms with E-state index in [9.17, 15) is 9.59 Å². The first-order chi connectivity index (χ1) is 8.59. The van der Waals surface area contributed by atoms with Gasteiger partial charge in [0.1, 0.15) is 0 Å². The number of amides is 1. The minimum Gasteiger partial charge on any atom is -0.481 e. The molecule has 1 amide bonds. The average molecular weight is 259 g/mol. The van der Waals surface area contributed by atoms with Crippen molar-refractivity contribution in [1.29, 1.82) is 0 Å². The SMILES string of the molecule is CC(CCNC(=O)C1COCCO1)CCC(=O)O. The molecule has 2 N–H and O–H groups in total. The van der Waals surface area contributed by atoms with Crippen LogP contribution in [0.5, 0.6) is 0 Å². The van der Waals surface area contributed by atoms with E-state index < -0.39 is 12.1 Å². The summed E-state index contributed by atoms with van der Waals surface area (Å²) in [7, 11) is 0. The van der Waals surface area contributed by atoms with E-state index in [4.69, 9.17) is 14.6 Å². The lowest BCUT2D eigenvalue weighted by atomic mass is 10.0. The van der Waals surface area contributed by atoms with Crippen LogP contribution in [-0.4, -0.2) is 49.5 Å². The van der Waals surface area contributed by atoms with E-state index in [1.807, 2.05) is 6.92 Å². The molecule has 2 unspecified atom stereocenters. The van der Waals surface area contributed by atoms with Crippen LogP contribution >= 0.6 is 0 Å². The molecule has 0 aromatic rings. The number of rotatable bonds is 7. The molecule has 6 nitrogen and oxygen atoms in total. The van der Waals surface area contributed by atoms with Crippen LogP contribution in [0, 0.1) is 5.92 Å². The summed E-state index contributed by atoms with van der Waals surface area (Å²) < 4.78 is 10.4. The van der Waals surface area contributed by atoms with Gasteiger partial charge in [-0.15, -0.1) is 0 Å². The van der Waals surface area contributed by atoms with Gasteiger partial charge in [0.15, 0.2) is 6.10 Å². The van der Waals surface area contributed by atoms with E-state index in [1.54, 1.807) is 0 Å². The second kappa shape index (κ2) is 8.05. The smallest absolute Gasteiger partial charge is 0.303 e. The molecule has 1 saturated heterocycles. The van der Waals surface area contributed by atoms with Gasteiger partial charge >= 0.3 is 5.97 Å². The monoisotopic (exact) mass is 259 g/mol. The number of hydrogen-bond acceptors (Lipinski definition) is 4. The minimum absolute atomic E-state index is 0.153. The van der Waals surface area contributed by atoms with Gasteiger partial charge in [-0.1, -0.05) is 6.92 Å². The van der Waals surface area contributed by atoms with E-state index in [2.05, 4.69) is 5.32 Å². The van der Waals surface area contributed by atoms with Crippen LogP contribution < -0.4 is 5.32 Å². The van der Waals surface area contributed by atoms with E-state index in [1.165, 1.54) is 0 Å². The lowest BCUT2D eigenvalue weighted by molar-refractivity contribution is -0.147. The van der Waals surface area contributed by atoms with Gasteiger partial charge < -0.3 is 19.9 Å². The lowest BCUT2D eigenvalue weighted by Crippen LogP contribution is -2.43. The molecule has 1 rings (SSSR count). The molecule has 18 heavy (non-hydrogen) atoms. The maximum atomic E-state index is 11.6. The number of carbonyl (C=O) groups excluding carboxylic acids is 1. The predicted octanol–water partition coefficient (Wildman–Crippen LogP) is 0.409. The number of carboxylic acids is 1. The zero-order chi connectivity index (χ0) is 13.4. The molecule has 0 radical (unpaired) electrons. The maximum Gasteiger partial charge on any atom is 0.303 e. The maximum absolute atomic E-state index is 11.6. The van der Waals surface area contributed by atoms with Gasteiger partial charge in [-0.25, -0.2) is 0 Å². The normalized spacial score (nSPS) is 21.3. The molecule has 0 spiro atoms. The molecule has 1 heterocycles. The summed E-state index contributed by atoms with van der Waals surface area (Å²) in [5.41, 5.74) is 0. The largest absolute Gasteiger partial charge is 0.481 e. The molecule has 0 saturated carbocycles. The van der Waals surface area contributed by atoms with Gasteiger partial charge in [0.05, 0.1) is 19.8 Å². The Labute approximate surface area is 107 Å². The van der Waals surface area contributed by atoms with Crippen molar-refractivity contribution in [3.63, 3.8) is 0 Å². The zero-order valence-electron chi connectivity index (χ0n) is 10.7. The summed E-state index contributed by atoms with van der Waals surface area (Å²) in [6, 6.07) is 0. The Morgan fingerprint density at radius 3 is 2.78 bits per heavy atom. The molecule has 0 bridgehead atoms. The molecule has 6 heteroatoms. The number of carbonyl (C=O) groups is 2. The molecule has 1 aliphatic heterocycles. The molecule has 104 valence electrons. The van der Waals surface area contributed by atoms with E-state index >= 15 is 0 Å². The Hall–Kier alpha value is -1.14. The van der Waals surface area contributed by atoms with Crippen molar-refractivity contribution in [2.45, 2.75) is 32.3 Å². The fraction of sp³-hybridized carbons (Fsp3) is 0.833. The summed E-state index contributed by atoms with van der Waals surface area (Å²) in [4.78, 5) is 22.0. The van der Waals surface area contributed by atoms with E-state index in [-0.39, 0.29) is 18.2 Å². The third-order valence-electron chi connectivity index (χ3n) is 2.90. The first-order valence-electron chi connectivity index (χ1n) is 6.28. The second-order valence-corrected chi connectivity index (χ2v) is 4.55. The van der Waals surface area contributed by atoms with Crippen LogP contribution in [0.15, 0.2) is 0 Å². The highest BCUT2D eigenvalue weighted by atomic mass is 16.6. The van der Waals surface area contributed by atoms with Crippen molar-refractivity contribution in [2.75, 3.05) is 26.4 Å². The second-order valence-electron chi connectivity index (χ2n) is 4.55. The first kappa shape index (κ1) is 14.9. The van der Waals surface area contributed by atoms with Crippen molar-refractivity contribution in [3.05, 3.63) is 0 Å². The molecule has 0 aromatic carbocycles. The molecule has 1 aliphatic rings. The Bertz CT molecular complexity index is 276. The molecule has 0 aromatic heterocycles. The van der Waals surface area contributed by atoms with Gasteiger partial charge in [-0.2, -0.15) is 0 Å². The highest BCUT2D eigenvalue weighted by Gasteiger charge is 2.22. The topological polar surface area (TPSA) is 84.9 Å². The quantitative estimate of drug-likeness (QED) is 0.691. The van der Waals surface area contributed by atoms with Crippen molar-refractivity contribution in [1.82, 2.24) is 5.32 Å². The van der Waals surface area contributed by atoms with Crippen LogP contribution in [-0.2, 0) is 19.1 Å². The number of aliphatic carboxylic acids is 1. The molecule has 1 fully saturated rings. The highest BCUT2D eigenvalue weighted by Crippen LogP contribution is 2.09.